The molecule has 4 nitrogen and oxygen atoms in total. The number of rotatable bonds is 9. The van der Waals surface area contributed by atoms with Crippen molar-refractivity contribution < 1.29 is 32.7 Å². The molecule has 2 heterocycles. The maximum atomic E-state index is 4.89. The Morgan fingerprint density at radius 1 is 0.357 bits per heavy atom. The summed E-state index contributed by atoms with van der Waals surface area (Å²) >= 11 is 0. The van der Waals surface area contributed by atoms with Crippen molar-refractivity contribution in [2.75, 3.05) is 4.90 Å². The van der Waals surface area contributed by atoms with Crippen LogP contribution in [0.25, 0.3) is 83.6 Å². The van der Waals surface area contributed by atoms with E-state index in [-0.39, 0.29) is 32.7 Å². The third kappa shape index (κ3) is 9.79. The van der Waals surface area contributed by atoms with Crippen molar-refractivity contribution in [1.82, 2.24) is 14.5 Å². The van der Waals surface area contributed by atoms with Gasteiger partial charge in [-0.2, -0.15) is 30.3 Å². The summed E-state index contributed by atoms with van der Waals surface area (Å²) in [6.45, 7) is 2.12. The van der Waals surface area contributed by atoms with Gasteiger partial charge in [-0.1, -0.05) is 181 Å². The third-order valence-corrected chi connectivity index (χ3v) is 12.5. The second kappa shape index (κ2) is 21.1. The fourth-order valence-electron chi connectivity index (χ4n) is 9.01. The van der Waals surface area contributed by atoms with Crippen molar-refractivity contribution in [3.05, 3.63) is 279 Å². The molecule has 0 spiro atoms. The summed E-state index contributed by atoms with van der Waals surface area (Å²) in [5.41, 5.74) is 18.1. The molecular weight excluding hydrogens is 926 g/mol. The SMILES string of the molecule is Cc1ccc(-c2ccc(-n3c4ccccc4c4cc(N(c5ccccc5)c5ccccc5)ccc43)cc2)cc1.[Y].[c-]1ccc(-c2ccc(-c3cc(-c4ccccc4)nc(-c4ccccc4)n3)cc2)cc1. The maximum absolute atomic E-state index is 4.89. The van der Waals surface area contributed by atoms with Crippen molar-refractivity contribution >= 4 is 38.9 Å². The van der Waals surface area contributed by atoms with Crippen LogP contribution in [0.4, 0.5) is 17.1 Å². The average Bonchev–Trinajstić information content (AvgIpc) is 3.76. The molecule has 5 heteroatoms. The number of aromatic nitrogens is 3. The molecule has 0 aliphatic carbocycles. The molecule has 0 atom stereocenters. The Morgan fingerprint density at radius 2 is 0.800 bits per heavy atom. The molecule has 12 rings (SSSR count). The molecule has 0 saturated carbocycles. The minimum Gasteiger partial charge on any atom is -0.310 e. The number of para-hydroxylation sites is 3. The van der Waals surface area contributed by atoms with E-state index < -0.39 is 0 Å². The van der Waals surface area contributed by atoms with Gasteiger partial charge in [-0.25, -0.2) is 9.97 Å². The van der Waals surface area contributed by atoms with Gasteiger partial charge in [-0.05, 0) is 90.3 Å². The number of anilines is 3. The van der Waals surface area contributed by atoms with Crippen LogP contribution in [0.1, 0.15) is 5.56 Å². The molecule has 0 saturated heterocycles. The van der Waals surface area contributed by atoms with Crippen molar-refractivity contribution in [2.24, 2.45) is 0 Å². The predicted molar refractivity (Wildman–Crippen MR) is 288 cm³/mol. The minimum absolute atomic E-state index is 0. The Balaban J connectivity index is 0.000000165. The van der Waals surface area contributed by atoms with Crippen LogP contribution in [0.2, 0.25) is 0 Å². The first-order chi connectivity index (χ1) is 34.1. The Labute approximate surface area is 435 Å². The zero-order valence-corrected chi connectivity index (χ0v) is 41.6. The number of nitrogens with zero attached hydrogens (tertiary/aromatic N) is 4. The van der Waals surface area contributed by atoms with Gasteiger partial charge in [-0.15, -0.1) is 5.56 Å². The topological polar surface area (TPSA) is 34.0 Å². The molecule has 0 aliphatic rings. The molecule has 0 aliphatic heterocycles. The normalized spacial score (nSPS) is 10.8. The first-order valence-electron chi connectivity index (χ1n) is 23.3. The van der Waals surface area contributed by atoms with Gasteiger partial charge in [0.2, 0.25) is 0 Å². The molecule has 0 N–H and O–H groups in total. The van der Waals surface area contributed by atoms with Gasteiger partial charge in [0.15, 0.2) is 5.82 Å². The van der Waals surface area contributed by atoms with E-state index in [0.717, 1.165) is 56.7 Å². The molecule has 2 aromatic heterocycles. The van der Waals surface area contributed by atoms with Crippen LogP contribution in [0, 0.1) is 13.0 Å². The monoisotopic (exact) mass is 972 g/mol. The van der Waals surface area contributed by atoms with Crippen LogP contribution in [-0.4, -0.2) is 14.5 Å². The second-order valence-corrected chi connectivity index (χ2v) is 17.0. The number of fused-ring (bicyclic) bond motifs is 3. The molecule has 0 bridgehead atoms. The fraction of sp³-hybridized carbons (Fsp3) is 0.0154. The fourth-order valence-corrected chi connectivity index (χ4v) is 9.01. The van der Waals surface area contributed by atoms with Gasteiger partial charge >= 0.3 is 0 Å². The van der Waals surface area contributed by atoms with Gasteiger partial charge in [0.05, 0.1) is 22.4 Å². The zero-order valence-electron chi connectivity index (χ0n) is 38.8. The van der Waals surface area contributed by atoms with Gasteiger partial charge in [0.25, 0.3) is 0 Å². The summed E-state index contributed by atoms with van der Waals surface area (Å²) in [4.78, 5) is 12.1. The first-order valence-corrected chi connectivity index (χ1v) is 23.3. The molecule has 1 radical (unpaired) electrons. The Hall–Kier alpha value is -8.02. The Morgan fingerprint density at radius 3 is 1.39 bits per heavy atom. The molecule has 10 aromatic carbocycles. The van der Waals surface area contributed by atoms with Gasteiger partial charge in [0, 0.05) is 82.9 Å². The summed E-state index contributed by atoms with van der Waals surface area (Å²) < 4.78 is 2.38. The summed E-state index contributed by atoms with van der Waals surface area (Å²) in [5, 5.41) is 2.49. The quantitative estimate of drug-likeness (QED) is 0.135. The van der Waals surface area contributed by atoms with Crippen LogP contribution < -0.4 is 4.90 Å². The van der Waals surface area contributed by atoms with Crippen LogP contribution in [0.3, 0.4) is 0 Å². The Kier molecular flexibility index (Phi) is 13.8. The van der Waals surface area contributed by atoms with Crippen LogP contribution in [-0.2, 0) is 32.7 Å². The van der Waals surface area contributed by atoms with E-state index in [0.29, 0.717) is 0 Å². The molecule has 0 fully saturated rings. The van der Waals surface area contributed by atoms with Crippen molar-refractivity contribution in [3.8, 4) is 61.8 Å². The van der Waals surface area contributed by atoms with E-state index in [1.807, 2.05) is 60.7 Å². The minimum atomic E-state index is 0. The van der Waals surface area contributed by atoms with Gasteiger partial charge in [0.1, 0.15) is 0 Å². The van der Waals surface area contributed by atoms with Crippen LogP contribution in [0.5, 0.6) is 0 Å². The number of hydrogen-bond donors (Lipinski definition) is 0. The molecule has 331 valence electrons. The van der Waals surface area contributed by atoms with E-state index in [2.05, 4.69) is 229 Å². The van der Waals surface area contributed by atoms with Crippen LogP contribution >= 0.6 is 0 Å². The number of aryl methyl sites for hydroxylation is 1. The largest absolute Gasteiger partial charge is 0.310 e. The smallest absolute Gasteiger partial charge is 0.160 e. The van der Waals surface area contributed by atoms with Crippen molar-refractivity contribution in [2.45, 2.75) is 6.92 Å². The second-order valence-electron chi connectivity index (χ2n) is 17.0. The molecule has 0 unspecified atom stereocenters. The number of hydrogen-bond acceptors (Lipinski definition) is 3. The van der Waals surface area contributed by atoms with Gasteiger partial charge in [-0.3, -0.25) is 0 Å². The third-order valence-electron chi connectivity index (χ3n) is 12.5. The summed E-state index contributed by atoms with van der Waals surface area (Å²) in [5.74, 6) is 0.731. The summed E-state index contributed by atoms with van der Waals surface area (Å²) in [6.07, 6.45) is 0. The molecule has 12 aromatic rings. The molecule has 0 amide bonds. The molecule has 70 heavy (non-hydrogen) atoms. The van der Waals surface area contributed by atoms with Crippen molar-refractivity contribution in [3.63, 3.8) is 0 Å². The van der Waals surface area contributed by atoms with E-state index in [9.17, 15) is 0 Å². The van der Waals surface area contributed by atoms with Gasteiger partial charge < -0.3 is 9.47 Å². The molecular formula is C65H47N4Y-. The van der Waals surface area contributed by atoms with E-state index in [4.69, 9.17) is 9.97 Å². The van der Waals surface area contributed by atoms with Crippen molar-refractivity contribution in [1.29, 1.82) is 0 Å². The van der Waals surface area contributed by atoms with E-state index >= 15 is 0 Å². The number of benzene rings is 10. The van der Waals surface area contributed by atoms with Crippen LogP contribution in [0.15, 0.2) is 267 Å². The Bertz CT molecular complexity index is 3520. The standard InChI is InChI=1S/C37H28N2.C28H19N2.Y/c1-27-16-18-28(19-17-27)29-20-22-32(23-21-29)39-36-15-9-8-14-34(36)35-26-33(24-25-37(35)39)38(30-10-4-2-5-11-30)31-12-6-3-7-13-31;1-4-10-21(11-5-1)22-16-18-24(19-17-22)27-20-26(23-12-6-2-7-13-23)29-28(30-27)25-14-8-3-9-15-25;/h2-26H,1H3;2-20H;/q;-1;. The zero-order chi connectivity index (χ0) is 46.4. The summed E-state index contributed by atoms with van der Waals surface area (Å²) in [7, 11) is 0. The average molecular weight is 973 g/mol. The first kappa shape index (κ1) is 45.7. The van der Waals surface area contributed by atoms with E-state index in [1.165, 1.54) is 49.6 Å². The predicted octanol–water partition coefficient (Wildman–Crippen LogP) is 17.2. The summed E-state index contributed by atoms with van der Waals surface area (Å²) in [6, 6.07) is 96.3. The van der Waals surface area contributed by atoms with E-state index in [1.54, 1.807) is 0 Å². The maximum Gasteiger partial charge on any atom is 0.160 e.